The van der Waals surface area contributed by atoms with Gasteiger partial charge in [-0.05, 0) is 50.5 Å². The van der Waals surface area contributed by atoms with Gasteiger partial charge in [0.05, 0.1) is 34.5 Å². The van der Waals surface area contributed by atoms with Crippen LogP contribution in [0.1, 0.15) is 47.4 Å². The molecule has 2 saturated heterocycles. The largest absolute Gasteiger partial charge is 0.377 e. The Hall–Kier alpha value is -3.77. The highest BCUT2D eigenvalue weighted by Crippen LogP contribution is 2.36. The van der Waals surface area contributed by atoms with E-state index < -0.39 is 0 Å². The quantitative estimate of drug-likeness (QED) is 0.237. The van der Waals surface area contributed by atoms with E-state index in [0.29, 0.717) is 22.5 Å². The van der Waals surface area contributed by atoms with Crippen LogP contribution >= 0.6 is 23.5 Å². The Morgan fingerprint density at radius 2 is 1.88 bits per heavy atom. The van der Waals surface area contributed by atoms with E-state index in [9.17, 15) is 9.59 Å². The number of nitrogens with zero attached hydrogens (tertiary/aromatic N) is 7. The third-order valence-corrected chi connectivity index (χ3v) is 8.81. The second-order valence-electron chi connectivity index (χ2n) is 11.1. The summed E-state index contributed by atoms with van der Waals surface area (Å²) in [6, 6.07) is 7.53. The van der Waals surface area contributed by atoms with Crippen molar-refractivity contribution in [2.75, 3.05) is 34.5 Å². The Morgan fingerprint density at radius 1 is 1.14 bits per heavy atom. The van der Waals surface area contributed by atoms with Crippen molar-refractivity contribution in [3.05, 3.63) is 69.0 Å². The number of aryl methyl sites for hydroxylation is 2. The Labute approximate surface area is 253 Å². The van der Waals surface area contributed by atoms with Gasteiger partial charge in [0.1, 0.15) is 5.15 Å². The number of carbonyl (C=O) groups is 1. The molecule has 13 heteroatoms. The molecule has 3 aromatic heterocycles. The number of amides is 1. The number of hydrogen-bond donors (Lipinski definition) is 2. The van der Waals surface area contributed by atoms with Crippen molar-refractivity contribution in [1.82, 2.24) is 29.0 Å². The monoisotopic (exact) mass is 607 g/mol. The summed E-state index contributed by atoms with van der Waals surface area (Å²) in [5.41, 5.74) is 4.28. The van der Waals surface area contributed by atoms with Crippen LogP contribution in [0.2, 0.25) is 5.15 Å². The van der Waals surface area contributed by atoms with E-state index in [1.165, 1.54) is 11.9 Å². The van der Waals surface area contributed by atoms with Crippen LogP contribution in [0.25, 0.3) is 10.9 Å². The molecule has 2 N–H and O–H groups in total. The third kappa shape index (κ3) is 5.06. The number of benzene rings is 1. The first kappa shape index (κ1) is 28.4. The topological polar surface area (TPSA) is 113 Å². The Bertz CT molecular complexity index is 1720. The van der Waals surface area contributed by atoms with Crippen molar-refractivity contribution in [1.29, 1.82) is 0 Å². The summed E-state index contributed by atoms with van der Waals surface area (Å²) < 4.78 is 6.24. The van der Waals surface area contributed by atoms with Gasteiger partial charge in [-0.15, -0.1) is 0 Å². The van der Waals surface area contributed by atoms with Crippen molar-refractivity contribution in [2.45, 2.75) is 44.8 Å². The van der Waals surface area contributed by atoms with Crippen LogP contribution in [-0.2, 0) is 14.1 Å². The van der Waals surface area contributed by atoms with Crippen LogP contribution < -0.4 is 25.4 Å². The number of carbonyl (C=O) groups excluding carboxylic acids is 1. The summed E-state index contributed by atoms with van der Waals surface area (Å²) in [5.74, 6) is 0.348. The summed E-state index contributed by atoms with van der Waals surface area (Å²) in [6.45, 7) is 5.66. The average Bonchev–Trinajstić information content (AvgIpc) is 3.50. The molecule has 0 saturated carbocycles. The van der Waals surface area contributed by atoms with E-state index in [2.05, 4.69) is 42.2 Å². The van der Waals surface area contributed by atoms with Gasteiger partial charge in [0.2, 0.25) is 5.95 Å². The summed E-state index contributed by atoms with van der Waals surface area (Å²) in [6.07, 6.45) is 7.81. The fourth-order valence-electron chi connectivity index (χ4n) is 6.29. The van der Waals surface area contributed by atoms with E-state index in [-0.39, 0.29) is 40.4 Å². The second kappa shape index (κ2) is 11.1. The highest BCUT2D eigenvalue weighted by molar-refractivity contribution is 7.97. The summed E-state index contributed by atoms with van der Waals surface area (Å²) in [7, 11) is 3.75. The highest BCUT2D eigenvalue weighted by atomic mass is 35.5. The zero-order valence-corrected chi connectivity index (χ0v) is 25.8. The molecule has 3 atom stereocenters. The summed E-state index contributed by atoms with van der Waals surface area (Å²) in [5, 5.41) is 8.59. The lowest BCUT2D eigenvalue weighted by Crippen LogP contribution is -2.55. The molecule has 42 heavy (non-hydrogen) atoms. The third-order valence-electron chi connectivity index (χ3n) is 8.21. The number of fused-ring (bicyclic) bond motifs is 3. The van der Waals surface area contributed by atoms with Gasteiger partial charge in [-0.2, -0.15) is 5.10 Å². The molecule has 0 spiro atoms. The molecule has 0 radical (unpaired) electrons. The predicted octanol–water partition coefficient (Wildman–Crippen LogP) is 4.06. The Kier molecular flexibility index (Phi) is 7.52. The molecule has 2 bridgehead atoms. The van der Waals surface area contributed by atoms with Crippen LogP contribution in [0.5, 0.6) is 0 Å². The molecule has 5 heterocycles. The molecule has 3 unspecified atom stereocenters. The van der Waals surface area contributed by atoms with Gasteiger partial charge in [-0.3, -0.25) is 23.6 Å². The van der Waals surface area contributed by atoms with E-state index in [1.807, 2.05) is 44.9 Å². The molecule has 4 aromatic rings. The van der Waals surface area contributed by atoms with Gasteiger partial charge in [0, 0.05) is 57.3 Å². The summed E-state index contributed by atoms with van der Waals surface area (Å²) >= 11 is 7.32. The lowest BCUT2D eigenvalue weighted by molar-refractivity contribution is 0.0980. The molecule has 2 fully saturated rings. The van der Waals surface area contributed by atoms with Crippen molar-refractivity contribution < 1.29 is 4.79 Å². The first-order chi connectivity index (χ1) is 20.1. The van der Waals surface area contributed by atoms with Gasteiger partial charge >= 0.3 is 0 Å². The standard InChI is InChI=1S/C29H34ClN9O2S/c1-16-10-21(17(2)32-23-8-9-24(30)33-26(23)27(40)35-42-5)25-22(11-16)28(41)37(4)29(34-25)39-18-6-7-19(39)15-38(14-18)20-12-31-36(3)13-20/h8-13,17-19,32H,6-7,14-15H2,1-5H3,(H,35,40). The van der Waals surface area contributed by atoms with Gasteiger partial charge in [-0.25, -0.2) is 9.97 Å². The first-order valence-corrected chi connectivity index (χ1v) is 15.5. The molecular formula is C29H34ClN9O2S. The molecule has 6 rings (SSSR count). The molecule has 1 amide bonds. The second-order valence-corrected chi connectivity index (χ2v) is 12.1. The van der Waals surface area contributed by atoms with Crippen LogP contribution in [0.4, 0.5) is 17.3 Å². The summed E-state index contributed by atoms with van der Waals surface area (Å²) in [4.78, 5) is 40.8. The Morgan fingerprint density at radius 3 is 2.55 bits per heavy atom. The lowest BCUT2D eigenvalue weighted by atomic mass is 10.0. The maximum atomic E-state index is 13.8. The van der Waals surface area contributed by atoms with Crippen LogP contribution in [-0.4, -0.2) is 61.7 Å². The van der Waals surface area contributed by atoms with E-state index in [0.717, 1.165) is 42.7 Å². The normalized spacial score (nSPS) is 18.9. The lowest BCUT2D eigenvalue weighted by Gasteiger charge is -2.42. The van der Waals surface area contributed by atoms with E-state index in [1.54, 1.807) is 23.0 Å². The van der Waals surface area contributed by atoms with Gasteiger partial charge in [-0.1, -0.05) is 29.6 Å². The van der Waals surface area contributed by atoms with E-state index in [4.69, 9.17) is 16.6 Å². The highest BCUT2D eigenvalue weighted by Gasteiger charge is 2.42. The minimum absolute atomic E-state index is 0.0746. The van der Waals surface area contributed by atoms with Gasteiger partial charge < -0.3 is 15.1 Å². The number of anilines is 3. The van der Waals surface area contributed by atoms with Crippen LogP contribution in [0, 0.1) is 6.92 Å². The molecule has 2 aliphatic heterocycles. The SMILES string of the molecule is CSNC(=O)c1nc(Cl)ccc1NC(C)c1cc(C)cc2c(=O)n(C)c(N3C4CCC3CN(c3cnn(C)c3)C4)nc12. The maximum Gasteiger partial charge on any atom is 0.281 e. The Balaban J connectivity index is 1.38. The average molecular weight is 608 g/mol. The van der Waals surface area contributed by atoms with Crippen molar-refractivity contribution in [2.24, 2.45) is 14.1 Å². The smallest absolute Gasteiger partial charge is 0.281 e. The fraction of sp³-hybridized carbons (Fsp3) is 0.414. The zero-order valence-electron chi connectivity index (χ0n) is 24.3. The van der Waals surface area contributed by atoms with Gasteiger partial charge in [0.15, 0.2) is 5.69 Å². The van der Waals surface area contributed by atoms with E-state index >= 15 is 0 Å². The maximum absolute atomic E-state index is 13.8. The number of aromatic nitrogens is 5. The minimum atomic E-state index is -0.344. The van der Waals surface area contributed by atoms with Crippen molar-refractivity contribution in [3.63, 3.8) is 0 Å². The number of piperazine rings is 1. The van der Waals surface area contributed by atoms with Crippen LogP contribution in [0.15, 0.2) is 41.5 Å². The first-order valence-electron chi connectivity index (χ1n) is 13.9. The number of halogens is 1. The minimum Gasteiger partial charge on any atom is -0.377 e. The molecule has 2 aliphatic rings. The molecule has 11 nitrogen and oxygen atoms in total. The zero-order chi connectivity index (χ0) is 29.7. The van der Waals surface area contributed by atoms with Crippen LogP contribution in [0.3, 0.4) is 0 Å². The molecule has 0 aliphatic carbocycles. The molecule has 1 aromatic carbocycles. The number of rotatable bonds is 7. The number of nitrogens with one attached hydrogen (secondary N) is 2. The van der Waals surface area contributed by atoms with Gasteiger partial charge in [0.25, 0.3) is 11.5 Å². The number of pyridine rings is 1. The van der Waals surface area contributed by atoms with Crippen molar-refractivity contribution in [3.8, 4) is 0 Å². The fourth-order valence-corrected chi connectivity index (χ4v) is 6.72. The van der Waals surface area contributed by atoms with Crippen molar-refractivity contribution >= 4 is 57.7 Å². The number of hydrogen-bond acceptors (Lipinski definition) is 9. The predicted molar refractivity (Wildman–Crippen MR) is 169 cm³/mol. The molecule has 220 valence electrons. The molecular weight excluding hydrogens is 574 g/mol.